The van der Waals surface area contributed by atoms with Gasteiger partial charge in [0.1, 0.15) is 0 Å². The van der Waals surface area contributed by atoms with E-state index in [-0.39, 0.29) is 5.54 Å². The standard InChI is InChI=1S/C21H21N3/c1-16-15-23-20-13-18(14-22)7-10-21(20)19(16)9-12-24(21)11-8-17-5-3-2-4-6-17/h2-7,10,13,15,19H,8-9,11-12H2,1H3. The second-order valence-electron chi connectivity index (χ2n) is 6.82. The van der Waals surface area contributed by atoms with Crippen LogP contribution in [0.15, 0.2) is 70.9 Å². The molecule has 1 saturated heterocycles. The average Bonchev–Trinajstić information content (AvgIpc) is 3.00. The Morgan fingerprint density at radius 3 is 2.96 bits per heavy atom. The number of allylic oxidation sites excluding steroid dienone is 2. The highest BCUT2D eigenvalue weighted by Crippen LogP contribution is 2.45. The van der Waals surface area contributed by atoms with Crippen LogP contribution in [0.4, 0.5) is 0 Å². The van der Waals surface area contributed by atoms with Gasteiger partial charge in [0, 0.05) is 25.2 Å². The van der Waals surface area contributed by atoms with Crippen LogP contribution in [0, 0.1) is 17.2 Å². The summed E-state index contributed by atoms with van der Waals surface area (Å²) in [6, 6.07) is 12.9. The van der Waals surface area contributed by atoms with Crippen molar-refractivity contribution in [3.63, 3.8) is 0 Å². The highest BCUT2D eigenvalue weighted by atomic mass is 15.2. The van der Waals surface area contributed by atoms with Crippen molar-refractivity contribution in [2.45, 2.75) is 25.3 Å². The third kappa shape index (κ3) is 2.26. The molecule has 1 aliphatic carbocycles. The molecule has 1 fully saturated rings. The number of aliphatic imine (C=N–C) groups is 1. The maximum absolute atomic E-state index is 9.24. The maximum atomic E-state index is 9.24. The molecule has 0 radical (unpaired) electrons. The topological polar surface area (TPSA) is 39.4 Å². The number of likely N-dealkylation sites (tertiary alicyclic amines) is 1. The monoisotopic (exact) mass is 315 g/mol. The molecular formula is C21H21N3. The number of benzene rings is 1. The Morgan fingerprint density at radius 1 is 1.33 bits per heavy atom. The van der Waals surface area contributed by atoms with Crippen LogP contribution in [0.1, 0.15) is 18.9 Å². The molecule has 3 nitrogen and oxygen atoms in total. The van der Waals surface area contributed by atoms with Gasteiger partial charge in [0.05, 0.1) is 22.9 Å². The molecule has 0 bridgehead atoms. The summed E-state index contributed by atoms with van der Waals surface area (Å²) in [6.07, 6.45) is 10.3. The highest BCUT2D eigenvalue weighted by Gasteiger charge is 2.52. The van der Waals surface area contributed by atoms with E-state index >= 15 is 0 Å². The van der Waals surface area contributed by atoms with E-state index in [1.54, 1.807) is 0 Å². The molecule has 0 saturated carbocycles. The normalized spacial score (nSPS) is 28.3. The summed E-state index contributed by atoms with van der Waals surface area (Å²) in [5, 5.41) is 9.24. The zero-order chi connectivity index (χ0) is 16.6. The fourth-order valence-electron chi connectivity index (χ4n) is 4.34. The van der Waals surface area contributed by atoms with Gasteiger partial charge in [-0.2, -0.15) is 5.26 Å². The Hall–Kier alpha value is -2.44. The third-order valence-electron chi connectivity index (χ3n) is 5.56. The Morgan fingerprint density at radius 2 is 2.17 bits per heavy atom. The molecule has 24 heavy (non-hydrogen) atoms. The van der Waals surface area contributed by atoms with Crippen molar-refractivity contribution in [2.24, 2.45) is 10.9 Å². The lowest BCUT2D eigenvalue weighted by molar-refractivity contribution is 0.226. The van der Waals surface area contributed by atoms with Gasteiger partial charge in [-0.05, 0) is 43.1 Å². The van der Waals surface area contributed by atoms with Gasteiger partial charge in [0.2, 0.25) is 0 Å². The molecule has 3 heteroatoms. The summed E-state index contributed by atoms with van der Waals surface area (Å²) < 4.78 is 0. The largest absolute Gasteiger partial charge is 0.288 e. The molecule has 2 aliphatic heterocycles. The van der Waals surface area contributed by atoms with Crippen LogP contribution < -0.4 is 0 Å². The molecule has 1 aromatic carbocycles. The van der Waals surface area contributed by atoms with Gasteiger partial charge in [-0.25, -0.2) is 0 Å². The zero-order valence-electron chi connectivity index (χ0n) is 13.9. The molecule has 4 rings (SSSR count). The minimum absolute atomic E-state index is 0.159. The van der Waals surface area contributed by atoms with Crippen LogP contribution in [0.2, 0.25) is 0 Å². The van der Waals surface area contributed by atoms with E-state index in [2.05, 4.69) is 54.3 Å². The van der Waals surface area contributed by atoms with Crippen molar-refractivity contribution in [1.82, 2.24) is 4.90 Å². The minimum Gasteiger partial charge on any atom is -0.288 e. The van der Waals surface area contributed by atoms with Crippen LogP contribution in [0.3, 0.4) is 0 Å². The predicted octanol–water partition coefficient (Wildman–Crippen LogP) is 3.67. The number of hydrogen-bond acceptors (Lipinski definition) is 3. The first-order valence-corrected chi connectivity index (χ1v) is 8.59. The summed E-state index contributed by atoms with van der Waals surface area (Å²) in [7, 11) is 0. The van der Waals surface area contributed by atoms with E-state index in [0.717, 1.165) is 31.6 Å². The summed E-state index contributed by atoms with van der Waals surface area (Å²) in [5.74, 6) is 0.466. The molecule has 1 spiro atoms. The second kappa shape index (κ2) is 5.89. The van der Waals surface area contributed by atoms with Crippen molar-refractivity contribution in [1.29, 1.82) is 5.26 Å². The lowest BCUT2D eigenvalue weighted by atomic mass is 9.72. The van der Waals surface area contributed by atoms with E-state index in [1.807, 2.05) is 18.4 Å². The van der Waals surface area contributed by atoms with Gasteiger partial charge < -0.3 is 0 Å². The van der Waals surface area contributed by atoms with Crippen molar-refractivity contribution in [3.8, 4) is 6.07 Å². The van der Waals surface area contributed by atoms with Crippen LogP contribution in [0.25, 0.3) is 0 Å². The lowest BCUT2D eigenvalue weighted by Crippen LogP contribution is -2.55. The van der Waals surface area contributed by atoms with Crippen LogP contribution in [-0.2, 0) is 6.42 Å². The first kappa shape index (κ1) is 15.1. The second-order valence-corrected chi connectivity index (χ2v) is 6.82. The predicted molar refractivity (Wildman–Crippen MR) is 96.6 cm³/mol. The molecular weight excluding hydrogens is 294 g/mol. The third-order valence-corrected chi connectivity index (χ3v) is 5.56. The van der Waals surface area contributed by atoms with Gasteiger partial charge in [-0.1, -0.05) is 36.4 Å². The maximum Gasteiger partial charge on any atom is 0.0992 e. The SMILES string of the molecule is CC1=CN=C2C=C(C#N)C=CC23C1CCN3CCc1ccccc1. The van der Waals surface area contributed by atoms with Gasteiger partial charge in [-0.15, -0.1) is 0 Å². The fourth-order valence-corrected chi connectivity index (χ4v) is 4.34. The molecule has 3 aliphatic rings. The molecule has 1 aromatic rings. The molecule has 2 heterocycles. The smallest absolute Gasteiger partial charge is 0.0992 e. The Bertz CT molecular complexity index is 807. The highest BCUT2D eigenvalue weighted by molar-refractivity contribution is 6.08. The van der Waals surface area contributed by atoms with Crippen LogP contribution in [0.5, 0.6) is 0 Å². The quantitative estimate of drug-likeness (QED) is 0.854. The van der Waals surface area contributed by atoms with Crippen molar-refractivity contribution in [3.05, 3.63) is 71.5 Å². The molecule has 0 aromatic heterocycles. The zero-order valence-corrected chi connectivity index (χ0v) is 13.9. The summed E-state index contributed by atoms with van der Waals surface area (Å²) in [6.45, 7) is 4.26. The van der Waals surface area contributed by atoms with Crippen molar-refractivity contribution < 1.29 is 0 Å². The lowest BCUT2D eigenvalue weighted by Gasteiger charge is -2.43. The molecule has 2 unspecified atom stereocenters. The van der Waals surface area contributed by atoms with E-state index in [0.29, 0.717) is 11.5 Å². The Balaban J connectivity index is 1.65. The number of nitrogens with zero attached hydrogens (tertiary/aromatic N) is 3. The van der Waals surface area contributed by atoms with Gasteiger partial charge in [-0.3, -0.25) is 9.89 Å². The van der Waals surface area contributed by atoms with E-state index < -0.39 is 0 Å². The van der Waals surface area contributed by atoms with Crippen LogP contribution >= 0.6 is 0 Å². The average molecular weight is 315 g/mol. The fraction of sp³-hybridized carbons (Fsp3) is 0.333. The molecule has 2 atom stereocenters. The minimum atomic E-state index is -0.159. The summed E-state index contributed by atoms with van der Waals surface area (Å²) in [4.78, 5) is 7.26. The first-order chi connectivity index (χ1) is 11.7. The Labute approximate surface area is 143 Å². The number of hydrogen-bond donors (Lipinski definition) is 0. The summed E-state index contributed by atoms with van der Waals surface area (Å²) in [5.41, 5.74) is 4.28. The Kier molecular flexibility index (Phi) is 3.70. The first-order valence-electron chi connectivity index (χ1n) is 8.59. The number of nitriles is 1. The van der Waals surface area contributed by atoms with Crippen LogP contribution in [-0.4, -0.2) is 29.2 Å². The van der Waals surface area contributed by atoms with Gasteiger partial charge in [0.15, 0.2) is 0 Å². The summed E-state index contributed by atoms with van der Waals surface area (Å²) >= 11 is 0. The van der Waals surface area contributed by atoms with Crippen molar-refractivity contribution >= 4 is 5.71 Å². The van der Waals surface area contributed by atoms with E-state index in [4.69, 9.17) is 4.99 Å². The molecule has 0 amide bonds. The van der Waals surface area contributed by atoms with Gasteiger partial charge in [0.25, 0.3) is 0 Å². The van der Waals surface area contributed by atoms with E-state index in [1.165, 1.54) is 11.1 Å². The molecule has 120 valence electrons. The van der Waals surface area contributed by atoms with E-state index in [9.17, 15) is 5.26 Å². The van der Waals surface area contributed by atoms with Gasteiger partial charge >= 0.3 is 0 Å². The van der Waals surface area contributed by atoms with Crippen molar-refractivity contribution in [2.75, 3.05) is 13.1 Å². The number of rotatable bonds is 3. The molecule has 0 N–H and O–H groups in total.